The van der Waals surface area contributed by atoms with Crippen molar-refractivity contribution in [1.82, 2.24) is 5.06 Å². The number of hydrogen-bond donors (Lipinski definition) is 1. The average Bonchev–Trinajstić information content (AvgIpc) is 3.18. The first kappa shape index (κ1) is 23.0. The number of benzene rings is 2. The van der Waals surface area contributed by atoms with Crippen LogP contribution in [0.4, 0.5) is 11.4 Å². The third kappa shape index (κ3) is 3.67. The molecule has 0 spiro atoms. The average molecular weight is 517 g/mol. The Morgan fingerprint density at radius 3 is 1.31 bits per heavy atom. The number of amides is 4. The summed E-state index contributed by atoms with van der Waals surface area (Å²) in [6, 6.07) is 6.08. The summed E-state index contributed by atoms with van der Waals surface area (Å²) in [5.74, 6) is -3.00. The molecule has 2 aliphatic rings. The summed E-state index contributed by atoms with van der Waals surface area (Å²) >= 11 is 24.5. The van der Waals surface area contributed by atoms with Crippen LogP contribution in [0.15, 0.2) is 36.4 Å². The highest BCUT2D eigenvalue weighted by Gasteiger charge is 2.51. The molecular formula is C20H13Cl4N3O5. The second kappa shape index (κ2) is 8.62. The van der Waals surface area contributed by atoms with Gasteiger partial charge in [-0.2, -0.15) is 5.06 Å². The predicted molar refractivity (Wildman–Crippen MR) is 118 cm³/mol. The van der Waals surface area contributed by atoms with Gasteiger partial charge in [-0.15, -0.1) is 0 Å². The van der Waals surface area contributed by atoms with Crippen molar-refractivity contribution >= 4 is 81.4 Å². The number of hydrogen-bond acceptors (Lipinski definition) is 6. The van der Waals surface area contributed by atoms with Crippen LogP contribution in [0.1, 0.15) is 12.8 Å². The van der Waals surface area contributed by atoms with Gasteiger partial charge in [-0.25, -0.2) is 9.80 Å². The van der Waals surface area contributed by atoms with Crippen LogP contribution >= 0.6 is 46.4 Å². The molecule has 0 bridgehead atoms. The van der Waals surface area contributed by atoms with Crippen LogP contribution in [0.25, 0.3) is 0 Å². The molecule has 0 aliphatic carbocycles. The molecule has 2 aliphatic heterocycles. The number of carbonyl (C=O) groups excluding carboxylic acids is 4. The van der Waals surface area contributed by atoms with Crippen LogP contribution in [0, 0.1) is 0 Å². The summed E-state index contributed by atoms with van der Waals surface area (Å²) in [6.45, 7) is 0. The molecule has 32 heavy (non-hydrogen) atoms. The summed E-state index contributed by atoms with van der Waals surface area (Å²) in [5, 5.41) is 11.4. The molecule has 4 rings (SSSR count). The van der Waals surface area contributed by atoms with Gasteiger partial charge in [-0.05, 0) is 24.3 Å². The maximum atomic E-state index is 13.0. The molecule has 8 nitrogen and oxygen atoms in total. The van der Waals surface area contributed by atoms with E-state index in [9.17, 15) is 24.4 Å². The van der Waals surface area contributed by atoms with Gasteiger partial charge in [0, 0.05) is 0 Å². The van der Waals surface area contributed by atoms with Crippen molar-refractivity contribution in [3.8, 4) is 0 Å². The topological polar surface area (TPSA) is 98.2 Å². The van der Waals surface area contributed by atoms with E-state index in [4.69, 9.17) is 46.4 Å². The van der Waals surface area contributed by atoms with Crippen LogP contribution in [-0.2, 0) is 19.2 Å². The van der Waals surface area contributed by atoms with Gasteiger partial charge in [0.1, 0.15) is 12.1 Å². The lowest BCUT2D eigenvalue weighted by Crippen LogP contribution is -2.49. The fourth-order valence-electron chi connectivity index (χ4n) is 3.74. The van der Waals surface area contributed by atoms with Crippen molar-refractivity contribution in [3.63, 3.8) is 0 Å². The van der Waals surface area contributed by atoms with E-state index in [1.165, 1.54) is 24.3 Å². The second-order valence-electron chi connectivity index (χ2n) is 7.10. The van der Waals surface area contributed by atoms with Crippen LogP contribution < -0.4 is 9.80 Å². The predicted octanol–water partition coefficient (Wildman–Crippen LogP) is 3.96. The minimum absolute atomic E-state index is 0.0139. The molecule has 0 aromatic heterocycles. The molecule has 12 heteroatoms. The van der Waals surface area contributed by atoms with E-state index in [-0.39, 0.29) is 31.5 Å². The minimum atomic E-state index is -1.42. The Morgan fingerprint density at radius 1 is 0.688 bits per heavy atom. The van der Waals surface area contributed by atoms with Gasteiger partial charge in [-0.1, -0.05) is 58.5 Å². The quantitative estimate of drug-likeness (QED) is 0.488. The number of rotatable bonds is 4. The molecule has 0 saturated carbocycles. The Bertz CT molecular complexity index is 1040. The number of imide groups is 2. The van der Waals surface area contributed by atoms with Crippen LogP contribution in [0.5, 0.6) is 0 Å². The highest BCUT2D eigenvalue weighted by Crippen LogP contribution is 2.40. The monoisotopic (exact) mass is 515 g/mol. The van der Waals surface area contributed by atoms with Crippen molar-refractivity contribution < 1.29 is 24.4 Å². The van der Waals surface area contributed by atoms with Gasteiger partial charge < -0.3 is 5.21 Å². The molecule has 2 aromatic rings. The van der Waals surface area contributed by atoms with E-state index in [2.05, 4.69) is 0 Å². The number of anilines is 2. The maximum absolute atomic E-state index is 13.0. The van der Waals surface area contributed by atoms with Crippen molar-refractivity contribution in [3.05, 3.63) is 56.5 Å². The molecule has 0 unspecified atom stereocenters. The third-order valence-electron chi connectivity index (χ3n) is 5.21. The third-order valence-corrected chi connectivity index (χ3v) is 6.43. The van der Waals surface area contributed by atoms with Crippen molar-refractivity contribution in [1.29, 1.82) is 0 Å². The fraction of sp³-hybridized carbons (Fsp3) is 0.200. The van der Waals surface area contributed by atoms with E-state index in [0.29, 0.717) is 5.06 Å². The molecule has 2 heterocycles. The second-order valence-corrected chi connectivity index (χ2v) is 8.72. The first-order valence-corrected chi connectivity index (χ1v) is 10.7. The first-order chi connectivity index (χ1) is 15.1. The van der Waals surface area contributed by atoms with Gasteiger partial charge in [-0.3, -0.25) is 19.2 Å². The lowest BCUT2D eigenvalue weighted by Gasteiger charge is -2.26. The molecule has 2 saturated heterocycles. The van der Waals surface area contributed by atoms with Gasteiger partial charge in [0.15, 0.2) is 0 Å². The molecular weight excluding hydrogens is 504 g/mol. The zero-order chi connectivity index (χ0) is 23.3. The SMILES string of the molecule is O=C1C[C@H](N(O)[C@H]2CC(=O)N(c3c(Cl)cccc3Cl)C2=O)C(=O)N1c1c(Cl)cccc1Cl. The van der Waals surface area contributed by atoms with E-state index in [1.807, 2.05) is 0 Å². The Kier molecular flexibility index (Phi) is 6.19. The van der Waals surface area contributed by atoms with Crippen LogP contribution in [0.2, 0.25) is 20.1 Å². The van der Waals surface area contributed by atoms with E-state index < -0.39 is 48.6 Å². The molecule has 0 radical (unpaired) electrons. The number of nitrogens with zero attached hydrogens (tertiary/aromatic N) is 3. The van der Waals surface area contributed by atoms with Gasteiger partial charge >= 0.3 is 0 Å². The van der Waals surface area contributed by atoms with Gasteiger partial charge in [0.25, 0.3) is 11.8 Å². The minimum Gasteiger partial charge on any atom is -0.312 e. The molecule has 1 N–H and O–H groups in total. The molecule has 2 aromatic carbocycles. The Morgan fingerprint density at radius 2 is 1.00 bits per heavy atom. The zero-order valence-corrected chi connectivity index (χ0v) is 19.0. The van der Waals surface area contributed by atoms with E-state index >= 15 is 0 Å². The number of hydroxylamine groups is 2. The number of carbonyl (C=O) groups is 4. The maximum Gasteiger partial charge on any atom is 0.254 e. The van der Waals surface area contributed by atoms with Crippen molar-refractivity contribution in [2.24, 2.45) is 0 Å². The van der Waals surface area contributed by atoms with E-state index in [1.54, 1.807) is 12.1 Å². The summed E-state index contributed by atoms with van der Waals surface area (Å²) in [5.41, 5.74) is -0.0277. The highest BCUT2D eigenvalue weighted by atomic mass is 35.5. The Balaban J connectivity index is 1.62. The van der Waals surface area contributed by atoms with E-state index in [0.717, 1.165) is 9.80 Å². The summed E-state index contributed by atoms with van der Waals surface area (Å²) < 4.78 is 0. The first-order valence-electron chi connectivity index (χ1n) is 9.22. The summed E-state index contributed by atoms with van der Waals surface area (Å²) in [7, 11) is 0. The zero-order valence-electron chi connectivity index (χ0n) is 16.0. The lowest BCUT2D eigenvalue weighted by atomic mass is 10.1. The van der Waals surface area contributed by atoms with Gasteiger partial charge in [0.05, 0.1) is 44.3 Å². The summed E-state index contributed by atoms with van der Waals surface area (Å²) in [6.07, 6.45) is -0.886. The lowest BCUT2D eigenvalue weighted by molar-refractivity contribution is -0.172. The van der Waals surface area contributed by atoms with Crippen LogP contribution in [0.3, 0.4) is 0 Å². The fourth-order valence-corrected chi connectivity index (χ4v) is 4.87. The molecule has 4 amide bonds. The van der Waals surface area contributed by atoms with Crippen LogP contribution in [-0.4, -0.2) is 46.0 Å². The number of halogens is 4. The largest absolute Gasteiger partial charge is 0.312 e. The Labute approximate surface area is 201 Å². The van der Waals surface area contributed by atoms with Crippen molar-refractivity contribution in [2.45, 2.75) is 24.9 Å². The molecule has 2 fully saturated rings. The van der Waals surface area contributed by atoms with Gasteiger partial charge in [0.2, 0.25) is 11.8 Å². The Hall–Kier alpha value is -2.20. The standard InChI is InChI=1S/C20H13Cl4N3O5/c21-9-3-1-4-10(22)17(9)25-15(28)7-13(19(25)30)27(32)14-8-16(29)26(20(14)31)18-11(23)5-2-6-12(18)24/h1-6,13-14,32H,7-8H2/t13-,14-/m0/s1. The summed E-state index contributed by atoms with van der Waals surface area (Å²) in [4.78, 5) is 52.7. The molecule has 2 atom stereocenters. The highest BCUT2D eigenvalue weighted by molar-refractivity contribution is 6.43. The molecule has 166 valence electrons. The normalized spacial score (nSPS) is 21.4. The van der Waals surface area contributed by atoms with Crippen molar-refractivity contribution in [2.75, 3.05) is 9.80 Å². The number of para-hydroxylation sites is 2. The smallest absolute Gasteiger partial charge is 0.254 e.